The average Bonchev–Trinajstić information content (AvgIpc) is 3.01. The van der Waals surface area contributed by atoms with E-state index in [-0.39, 0.29) is 12.6 Å². The van der Waals surface area contributed by atoms with Crippen LogP contribution in [0.25, 0.3) is 0 Å². The van der Waals surface area contributed by atoms with Gasteiger partial charge in [0.25, 0.3) is 0 Å². The zero-order valence-electron chi connectivity index (χ0n) is 15.7. The van der Waals surface area contributed by atoms with E-state index in [1.54, 1.807) is 6.92 Å². The molecule has 1 N–H and O–H groups in total. The highest BCUT2D eigenvalue weighted by molar-refractivity contribution is 5.95. The summed E-state index contributed by atoms with van der Waals surface area (Å²) >= 11 is 0. The predicted molar refractivity (Wildman–Crippen MR) is 101 cm³/mol. The Kier molecular flexibility index (Phi) is 7.39. The van der Waals surface area contributed by atoms with Crippen LogP contribution in [0, 0.1) is 5.92 Å². The maximum Gasteiger partial charge on any atom is 0.416 e. The van der Waals surface area contributed by atoms with E-state index >= 15 is 0 Å². The van der Waals surface area contributed by atoms with Gasteiger partial charge < -0.3 is 9.84 Å². The lowest BCUT2D eigenvalue weighted by atomic mass is 9.93. The third-order valence-corrected chi connectivity index (χ3v) is 4.90. The molecule has 1 aliphatic rings. The van der Waals surface area contributed by atoms with Gasteiger partial charge in [-0.2, -0.15) is 0 Å². The van der Waals surface area contributed by atoms with Gasteiger partial charge in [0.15, 0.2) is 0 Å². The Morgan fingerprint density at radius 3 is 2.69 bits per heavy atom. The molecule has 3 atom stereocenters. The van der Waals surface area contributed by atoms with Crippen molar-refractivity contribution in [2.24, 2.45) is 5.92 Å². The lowest BCUT2D eigenvalue weighted by molar-refractivity contribution is -0.135. The van der Waals surface area contributed by atoms with E-state index in [1.807, 2.05) is 30.3 Å². The van der Waals surface area contributed by atoms with Gasteiger partial charge in [0.1, 0.15) is 6.61 Å². The number of imide groups is 1. The summed E-state index contributed by atoms with van der Waals surface area (Å²) in [6.07, 6.45) is 2.72. The van der Waals surface area contributed by atoms with E-state index in [2.05, 4.69) is 13.5 Å². The summed E-state index contributed by atoms with van der Waals surface area (Å²) in [5, 5.41) is 10.5. The second kappa shape index (κ2) is 9.53. The zero-order valence-corrected chi connectivity index (χ0v) is 15.7. The topological polar surface area (TPSA) is 66.8 Å². The number of carbonyl (C=O) groups excluding carboxylic acids is 2. The molecular weight excluding hydrogens is 330 g/mol. The first-order chi connectivity index (χ1) is 12.5. The Balaban J connectivity index is 2.02. The van der Waals surface area contributed by atoms with Crippen LogP contribution in [0.5, 0.6) is 0 Å². The van der Waals surface area contributed by atoms with Crippen molar-refractivity contribution in [1.29, 1.82) is 0 Å². The number of ether oxygens (including phenoxy) is 1. The molecule has 0 unspecified atom stereocenters. The summed E-state index contributed by atoms with van der Waals surface area (Å²) in [5.74, 6) is -1.13. The molecule has 0 bridgehead atoms. The van der Waals surface area contributed by atoms with Crippen LogP contribution in [0.1, 0.15) is 45.1 Å². The molecule has 2 amide bonds. The number of hydrogen-bond acceptors (Lipinski definition) is 4. The minimum Gasteiger partial charge on any atom is -0.447 e. The molecule has 0 radical (unpaired) electrons. The van der Waals surface area contributed by atoms with Crippen molar-refractivity contribution in [3.63, 3.8) is 0 Å². The molecule has 2 rings (SSSR count). The first kappa shape index (κ1) is 20.2. The Bertz CT molecular complexity index is 628. The molecule has 0 saturated carbocycles. The number of unbranched alkanes of at least 4 members (excludes halogenated alkanes) is 2. The summed E-state index contributed by atoms with van der Waals surface area (Å²) < 4.78 is 5.10. The standard InChI is InChI=1S/C21H29NO4/c1-4-5-7-10-15(2)19(23)16(3)20(24)22-18(14-26-21(22)25)13-17-11-8-6-9-12-17/h6,8-9,11-12,16,18-19,23H,2,4-5,7,10,13-14H2,1,3H3/t16-,18+,19-/m1/s1. The fourth-order valence-corrected chi connectivity index (χ4v) is 3.22. The molecular formula is C21H29NO4. The fourth-order valence-electron chi connectivity index (χ4n) is 3.22. The highest BCUT2D eigenvalue weighted by Gasteiger charge is 2.41. The molecule has 1 aromatic rings. The van der Waals surface area contributed by atoms with E-state index < -0.39 is 24.0 Å². The van der Waals surface area contributed by atoms with Crippen molar-refractivity contribution in [3.05, 3.63) is 48.0 Å². The van der Waals surface area contributed by atoms with E-state index in [4.69, 9.17) is 4.74 Å². The number of benzene rings is 1. The number of cyclic esters (lactones) is 1. The summed E-state index contributed by atoms with van der Waals surface area (Å²) in [7, 11) is 0. The van der Waals surface area contributed by atoms with Gasteiger partial charge in [-0.05, 0) is 30.4 Å². The normalized spacial score (nSPS) is 19.1. The van der Waals surface area contributed by atoms with Crippen molar-refractivity contribution in [2.75, 3.05) is 6.61 Å². The summed E-state index contributed by atoms with van der Waals surface area (Å²) in [6.45, 7) is 7.86. The van der Waals surface area contributed by atoms with Crippen LogP contribution in [0.4, 0.5) is 4.79 Å². The van der Waals surface area contributed by atoms with E-state index in [9.17, 15) is 14.7 Å². The highest BCUT2D eigenvalue weighted by atomic mass is 16.6. The van der Waals surface area contributed by atoms with Crippen molar-refractivity contribution < 1.29 is 19.4 Å². The molecule has 1 aliphatic heterocycles. The highest BCUT2D eigenvalue weighted by Crippen LogP contribution is 2.24. The molecule has 0 spiro atoms. The van der Waals surface area contributed by atoms with Gasteiger partial charge in [0.2, 0.25) is 5.91 Å². The maximum atomic E-state index is 12.9. The summed E-state index contributed by atoms with van der Waals surface area (Å²) in [5.41, 5.74) is 1.68. The van der Waals surface area contributed by atoms with Gasteiger partial charge >= 0.3 is 6.09 Å². The quantitative estimate of drug-likeness (QED) is 0.539. The molecule has 1 saturated heterocycles. The van der Waals surface area contributed by atoms with Crippen LogP contribution in [0.2, 0.25) is 0 Å². The van der Waals surface area contributed by atoms with Crippen LogP contribution in [0.15, 0.2) is 42.5 Å². The first-order valence-electron chi connectivity index (χ1n) is 9.35. The lowest BCUT2D eigenvalue weighted by Gasteiger charge is -2.26. The smallest absolute Gasteiger partial charge is 0.416 e. The Hall–Kier alpha value is -2.14. The largest absolute Gasteiger partial charge is 0.447 e. The van der Waals surface area contributed by atoms with E-state index in [0.29, 0.717) is 18.4 Å². The van der Waals surface area contributed by atoms with Crippen molar-refractivity contribution in [3.8, 4) is 0 Å². The lowest BCUT2D eigenvalue weighted by Crippen LogP contribution is -2.46. The monoisotopic (exact) mass is 359 g/mol. The summed E-state index contributed by atoms with van der Waals surface area (Å²) in [4.78, 5) is 26.1. The van der Waals surface area contributed by atoms with Crippen molar-refractivity contribution in [1.82, 2.24) is 4.90 Å². The molecule has 0 aromatic heterocycles. The van der Waals surface area contributed by atoms with Gasteiger partial charge in [0.05, 0.1) is 18.1 Å². The van der Waals surface area contributed by atoms with Crippen LogP contribution in [-0.2, 0) is 16.0 Å². The molecule has 1 aromatic carbocycles. The Morgan fingerprint density at radius 1 is 1.35 bits per heavy atom. The van der Waals surface area contributed by atoms with Crippen LogP contribution in [0.3, 0.4) is 0 Å². The third kappa shape index (κ3) is 4.94. The number of nitrogens with zero attached hydrogens (tertiary/aromatic N) is 1. The molecule has 1 fully saturated rings. The Labute approximate surface area is 155 Å². The van der Waals surface area contributed by atoms with Gasteiger partial charge in [-0.3, -0.25) is 4.79 Å². The van der Waals surface area contributed by atoms with Crippen LogP contribution >= 0.6 is 0 Å². The number of carbonyl (C=O) groups is 2. The van der Waals surface area contributed by atoms with Gasteiger partial charge in [-0.1, -0.05) is 63.6 Å². The van der Waals surface area contributed by atoms with Gasteiger partial charge in [0, 0.05) is 0 Å². The minimum atomic E-state index is -0.954. The number of hydrogen-bond donors (Lipinski definition) is 1. The SMILES string of the molecule is C=C(CCCCC)[C@@H](O)[C@@H](C)C(=O)N1C(=O)OC[C@@H]1Cc1ccccc1. The van der Waals surface area contributed by atoms with Crippen LogP contribution in [-0.4, -0.2) is 40.8 Å². The molecule has 26 heavy (non-hydrogen) atoms. The molecule has 5 heteroatoms. The third-order valence-electron chi connectivity index (χ3n) is 4.90. The average molecular weight is 359 g/mol. The number of rotatable bonds is 9. The molecule has 0 aliphatic carbocycles. The van der Waals surface area contributed by atoms with Crippen molar-refractivity contribution >= 4 is 12.0 Å². The van der Waals surface area contributed by atoms with E-state index in [0.717, 1.165) is 24.8 Å². The molecule has 5 nitrogen and oxygen atoms in total. The van der Waals surface area contributed by atoms with Gasteiger partial charge in [-0.15, -0.1) is 0 Å². The Morgan fingerprint density at radius 2 is 2.04 bits per heavy atom. The zero-order chi connectivity index (χ0) is 19.1. The maximum absolute atomic E-state index is 12.9. The second-order valence-electron chi connectivity index (χ2n) is 6.98. The number of aliphatic hydroxyl groups is 1. The number of amides is 2. The minimum absolute atomic E-state index is 0.180. The predicted octanol–water partition coefficient (Wildman–Crippen LogP) is 3.71. The van der Waals surface area contributed by atoms with Gasteiger partial charge in [-0.25, -0.2) is 9.69 Å². The molecule has 1 heterocycles. The summed E-state index contributed by atoms with van der Waals surface area (Å²) in [6, 6.07) is 9.34. The van der Waals surface area contributed by atoms with E-state index in [1.165, 1.54) is 4.90 Å². The number of aliphatic hydroxyl groups excluding tert-OH is 1. The second-order valence-corrected chi connectivity index (χ2v) is 6.98. The molecule has 142 valence electrons. The van der Waals surface area contributed by atoms with Crippen molar-refractivity contribution in [2.45, 2.75) is 58.1 Å². The van der Waals surface area contributed by atoms with Crippen LogP contribution < -0.4 is 0 Å². The fraction of sp³-hybridized carbons (Fsp3) is 0.524. The first-order valence-corrected chi connectivity index (χ1v) is 9.35.